The van der Waals surface area contributed by atoms with Crippen molar-refractivity contribution in [1.82, 2.24) is 15.2 Å². The normalized spacial score (nSPS) is 12.2. The number of thiazole rings is 1. The van der Waals surface area contributed by atoms with Crippen LogP contribution in [-0.2, 0) is 11.3 Å². The number of carbonyl (C=O) groups is 1. The van der Waals surface area contributed by atoms with Gasteiger partial charge in [0.2, 0.25) is 0 Å². The van der Waals surface area contributed by atoms with Crippen LogP contribution in [0.15, 0.2) is 5.38 Å². The monoisotopic (exact) mass is 257 g/mol. The molecule has 0 saturated carbocycles. The van der Waals surface area contributed by atoms with Gasteiger partial charge in [-0.3, -0.25) is 0 Å². The third-order valence-corrected chi connectivity index (χ3v) is 3.41. The third-order valence-electron chi connectivity index (χ3n) is 2.45. The number of hydrogen-bond donors (Lipinski definition) is 1. The van der Waals surface area contributed by atoms with Crippen molar-refractivity contribution in [2.24, 2.45) is 0 Å². The number of likely N-dealkylation sites (N-methyl/N-ethyl adjacent to an activating group) is 1. The number of aryl methyl sites for hydroxylation is 1. The molecule has 1 N–H and O–H groups in total. The molecule has 0 unspecified atom stereocenters. The van der Waals surface area contributed by atoms with Gasteiger partial charge in [0.05, 0.1) is 19.2 Å². The second-order valence-electron chi connectivity index (χ2n) is 3.96. The van der Waals surface area contributed by atoms with Gasteiger partial charge in [-0.2, -0.15) is 0 Å². The maximum atomic E-state index is 11.8. The lowest BCUT2D eigenvalue weighted by Crippen LogP contribution is -2.43. The Morgan fingerprint density at radius 2 is 2.41 bits per heavy atom. The number of hydrogen-bond acceptors (Lipinski definition) is 4. The van der Waals surface area contributed by atoms with Crippen LogP contribution in [0.5, 0.6) is 0 Å². The average Bonchev–Trinajstić information content (AvgIpc) is 2.71. The molecular weight excluding hydrogens is 238 g/mol. The van der Waals surface area contributed by atoms with Gasteiger partial charge in [-0.05, 0) is 13.8 Å². The van der Waals surface area contributed by atoms with Crippen molar-refractivity contribution in [2.75, 3.05) is 20.8 Å². The molecule has 0 saturated heterocycles. The average molecular weight is 257 g/mol. The number of ether oxygens (including phenoxy) is 1. The first-order valence-electron chi connectivity index (χ1n) is 5.45. The first kappa shape index (κ1) is 13.9. The molecule has 1 atom stereocenters. The van der Waals surface area contributed by atoms with E-state index < -0.39 is 0 Å². The molecule has 0 spiro atoms. The number of aromatic nitrogens is 1. The summed E-state index contributed by atoms with van der Waals surface area (Å²) in [7, 11) is 3.38. The Hall–Kier alpha value is -1.14. The van der Waals surface area contributed by atoms with Crippen LogP contribution in [0, 0.1) is 6.92 Å². The van der Waals surface area contributed by atoms with Crippen molar-refractivity contribution in [3.8, 4) is 0 Å². The predicted octanol–water partition coefficient (Wildman–Crippen LogP) is 1.63. The minimum Gasteiger partial charge on any atom is -0.383 e. The largest absolute Gasteiger partial charge is 0.383 e. The summed E-state index contributed by atoms with van der Waals surface area (Å²) in [4.78, 5) is 17.7. The van der Waals surface area contributed by atoms with Crippen LogP contribution in [-0.4, -0.2) is 42.7 Å². The zero-order valence-corrected chi connectivity index (χ0v) is 11.5. The van der Waals surface area contributed by atoms with Gasteiger partial charge in [0.15, 0.2) is 0 Å². The summed E-state index contributed by atoms with van der Waals surface area (Å²) >= 11 is 1.55. The number of nitrogens with one attached hydrogen (secondary N) is 1. The van der Waals surface area contributed by atoms with Crippen LogP contribution in [0.2, 0.25) is 0 Å². The smallest absolute Gasteiger partial charge is 0.317 e. The van der Waals surface area contributed by atoms with Crippen molar-refractivity contribution in [1.29, 1.82) is 0 Å². The molecule has 5 nitrogen and oxygen atoms in total. The zero-order valence-electron chi connectivity index (χ0n) is 10.7. The number of methoxy groups -OCH3 is 1. The van der Waals surface area contributed by atoms with Crippen LogP contribution >= 0.6 is 11.3 Å². The van der Waals surface area contributed by atoms with Crippen LogP contribution in [0.1, 0.15) is 17.6 Å². The van der Waals surface area contributed by atoms with Gasteiger partial charge in [0.25, 0.3) is 0 Å². The molecule has 0 aliphatic heterocycles. The van der Waals surface area contributed by atoms with E-state index in [0.29, 0.717) is 13.2 Å². The quantitative estimate of drug-likeness (QED) is 0.872. The van der Waals surface area contributed by atoms with Crippen molar-refractivity contribution in [3.05, 3.63) is 16.1 Å². The predicted molar refractivity (Wildman–Crippen MR) is 68.2 cm³/mol. The molecule has 1 aromatic heterocycles. The SMILES string of the molecule is COC[C@@H](C)N(C)C(=O)NCc1nc(C)cs1. The van der Waals surface area contributed by atoms with E-state index in [9.17, 15) is 4.79 Å². The van der Waals surface area contributed by atoms with Gasteiger partial charge in [-0.1, -0.05) is 0 Å². The Balaban J connectivity index is 2.38. The molecule has 1 rings (SSSR count). The fourth-order valence-corrected chi connectivity index (χ4v) is 2.02. The first-order valence-corrected chi connectivity index (χ1v) is 6.33. The third kappa shape index (κ3) is 4.32. The lowest BCUT2D eigenvalue weighted by molar-refractivity contribution is 0.123. The molecule has 0 aromatic carbocycles. The van der Waals surface area contributed by atoms with Crippen molar-refractivity contribution in [3.63, 3.8) is 0 Å². The maximum Gasteiger partial charge on any atom is 0.317 e. The van der Waals surface area contributed by atoms with Gasteiger partial charge in [-0.15, -0.1) is 11.3 Å². The fraction of sp³-hybridized carbons (Fsp3) is 0.636. The molecule has 1 aromatic rings. The second-order valence-corrected chi connectivity index (χ2v) is 4.90. The number of carbonyl (C=O) groups excluding carboxylic acids is 1. The molecule has 0 bridgehead atoms. The summed E-state index contributed by atoms with van der Waals surface area (Å²) in [5.74, 6) is 0. The highest BCUT2D eigenvalue weighted by Gasteiger charge is 2.15. The van der Waals surface area contributed by atoms with Crippen LogP contribution in [0.4, 0.5) is 4.79 Å². The van der Waals surface area contributed by atoms with E-state index in [-0.39, 0.29) is 12.1 Å². The molecule has 0 aliphatic rings. The Morgan fingerprint density at radius 3 is 2.94 bits per heavy atom. The number of nitrogens with zero attached hydrogens (tertiary/aromatic N) is 2. The molecule has 0 fully saturated rings. The minimum absolute atomic E-state index is 0.0537. The van der Waals surface area contributed by atoms with E-state index >= 15 is 0 Å². The summed E-state index contributed by atoms with van der Waals surface area (Å²) in [6.45, 7) is 4.88. The summed E-state index contributed by atoms with van der Waals surface area (Å²) in [5, 5.41) is 5.72. The summed E-state index contributed by atoms with van der Waals surface area (Å²) in [6, 6.07) is -0.0552. The maximum absolute atomic E-state index is 11.8. The van der Waals surface area contributed by atoms with E-state index in [0.717, 1.165) is 10.7 Å². The number of rotatable bonds is 5. The first-order chi connectivity index (χ1) is 8.04. The summed E-state index contributed by atoms with van der Waals surface area (Å²) < 4.78 is 5.01. The number of urea groups is 1. The lowest BCUT2D eigenvalue weighted by Gasteiger charge is -2.24. The second kappa shape index (κ2) is 6.56. The van der Waals surface area contributed by atoms with Gasteiger partial charge in [0.1, 0.15) is 5.01 Å². The van der Waals surface area contributed by atoms with Crippen LogP contribution in [0.3, 0.4) is 0 Å². The molecule has 96 valence electrons. The molecular formula is C11H19N3O2S. The van der Waals surface area contributed by atoms with E-state index in [4.69, 9.17) is 4.74 Å². The Bertz CT molecular complexity index is 367. The van der Waals surface area contributed by atoms with Crippen molar-refractivity contribution < 1.29 is 9.53 Å². The van der Waals surface area contributed by atoms with Crippen LogP contribution < -0.4 is 5.32 Å². The highest BCUT2D eigenvalue weighted by Crippen LogP contribution is 2.08. The van der Waals surface area contributed by atoms with E-state index in [1.807, 2.05) is 19.2 Å². The molecule has 0 radical (unpaired) electrons. The highest BCUT2D eigenvalue weighted by atomic mass is 32.1. The van der Waals surface area contributed by atoms with Gasteiger partial charge < -0.3 is 15.0 Å². The zero-order chi connectivity index (χ0) is 12.8. The molecule has 1 heterocycles. The minimum atomic E-state index is -0.109. The van der Waals surface area contributed by atoms with Crippen molar-refractivity contribution >= 4 is 17.4 Å². The van der Waals surface area contributed by atoms with Gasteiger partial charge in [-0.25, -0.2) is 9.78 Å². The molecule has 0 aliphatic carbocycles. The topological polar surface area (TPSA) is 54.5 Å². The van der Waals surface area contributed by atoms with Gasteiger partial charge in [0, 0.05) is 25.2 Å². The fourth-order valence-electron chi connectivity index (χ4n) is 1.31. The van der Waals surface area contributed by atoms with E-state index in [2.05, 4.69) is 10.3 Å². The summed E-state index contributed by atoms with van der Waals surface area (Å²) in [5.41, 5.74) is 0.986. The molecule has 17 heavy (non-hydrogen) atoms. The van der Waals surface area contributed by atoms with E-state index in [1.165, 1.54) is 0 Å². The summed E-state index contributed by atoms with van der Waals surface area (Å²) in [6.07, 6.45) is 0. The Morgan fingerprint density at radius 1 is 1.71 bits per heavy atom. The van der Waals surface area contributed by atoms with Crippen LogP contribution in [0.25, 0.3) is 0 Å². The highest BCUT2D eigenvalue weighted by molar-refractivity contribution is 7.09. The Kier molecular flexibility index (Phi) is 5.37. The molecule has 6 heteroatoms. The van der Waals surface area contributed by atoms with Gasteiger partial charge >= 0.3 is 6.03 Å². The number of amides is 2. The molecule has 2 amide bonds. The van der Waals surface area contributed by atoms with E-state index in [1.54, 1.807) is 30.4 Å². The van der Waals surface area contributed by atoms with Crippen molar-refractivity contribution in [2.45, 2.75) is 26.4 Å². The Labute approximate surface area is 106 Å². The standard InChI is InChI=1S/C11H19N3O2S/c1-8-7-17-10(13-8)5-12-11(15)14(3)9(2)6-16-4/h7,9H,5-6H2,1-4H3,(H,12,15)/t9-/m1/s1. The lowest BCUT2D eigenvalue weighted by atomic mass is 10.3.